The van der Waals surface area contributed by atoms with Crippen LogP contribution in [0.4, 0.5) is 0 Å². The van der Waals surface area contributed by atoms with Crippen LogP contribution >= 0.6 is 0 Å². The number of aliphatic hydroxyl groups is 1. The third-order valence-corrected chi connectivity index (χ3v) is 4.53. The maximum absolute atomic E-state index is 9.31. The Kier molecular flexibility index (Phi) is 2.42. The van der Waals surface area contributed by atoms with Gasteiger partial charge in [-0.1, -0.05) is 6.07 Å². The number of aromatic amines is 1. The first-order valence-electron chi connectivity index (χ1n) is 7.02. The molecule has 0 atom stereocenters. The van der Waals surface area contributed by atoms with Crippen molar-refractivity contribution in [3.05, 3.63) is 41.7 Å². The maximum atomic E-state index is 9.31. The first-order valence-corrected chi connectivity index (χ1v) is 7.02. The van der Waals surface area contributed by atoms with E-state index in [1.165, 1.54) is 42.5 Å². The predicted molar refractivity (Wildman–Crippen MR) is 76.5 cm³/mol. The fourth-order valence-corrected chi connectivity index (χ4v) is 3.44. The molecule has 0 amide bonds. The van der Waals surface area contributed by atoms with E-state index < -0.39 is 0 Å². The molecule has 1 fully saturated rings. The summed E-state index contributed by atoms with van der Waals surface area (Å²) in [6.45, 7) is 2.52. The van der Waals surface area contributed by atoms with Crippen LogP contribution in [0, 0.1) is 5.92 Å². The van der Waals surface area contributed by atoms with Crippen LogP contribution < -0.4 is 0 Å². The van der Waals surface area contributed by atoms with Gasteiger partial charge in [0.05, 0.1) is 6.61 Å². The molecule has 1 saturated heterocycles. The van der Waals surface area contributed by atoms with Crippen LogP contribution in [-0.2, 0) is 6.61 Å². The number of hydrogen-bond acceptors (Lipinski definition) is 2. The standard InChI is InChI=1S/C16H18N2O/c19-10-11-1-2-16-13(7-11)14(8-17-16)15-9-18-5-3-12(15)4-6-18/h1-2,7-9,12,17,19H,3-6,10H2. The Morgan fingerprint density at radius 1 is 1.26 bits per heavy atom. The summed E-state index contributed by atoms with van der Waals surface area (Å²) >= 11 is 0. The van der Waals surface area contributed by atoms with E-state index in [-0.39, 0.29) is 6.61 Å². The van der Waals surface area contributed by atoms with Gasteiger partial charge >= 0.3 is 0 Å². The minimum absolute atomic E-state index is 0.106. The molecule has 0 unspecified atom stereocenters. The Hall–Kier alpha value is -1.74. The van der Waals surface area contributed by atoms with Gasteiger partial charge in [0.25, 0.3) is 0 Å². The molecule has 1 aromatic heterocycles. The molecule has 3 aliphatic rings. The highest BCUT2D eigenvalue weighted by atomic mass is 16.3. The van der Waals surface area contributed by atoms with E-state index in [0.717, 1.165) is 11.1 Å². The first-order chi connectivity index (χ1) is 9.35. The second kappa shape index (κ2) is 4.14. The molecule has 3 heteroatoms. The lowest BCUT2D eigenvalue weighted by Gasteiger charge is -2.39. The van der Waals surface area contributed by atoms with E-state index in [4.69, 9.17) is 0 Å². The molecule has 0 aliphatic carbocycles. The van der Waals surface area contributed by atoms with Crippen molar-refractivity contribution in [2.45, 2.75) is 19.4 Å². The predicted octanol–water partition coefficient (Wildman–Crippen LogP) is 2.73. The van der Waals surface area contributed by atoms with E-state index in [1.54, 1.807) is 0 Å². The van der Waals surface area contributed by atoms with E-state index in [2.05, 4.69) is 34.4 Å². The highest BCUT2D eigenvalue weighted by Crippen LogP contribution is 2.39. The summed E-state index contributed by atoms with van der Waals surface area (Å²) in [7, 11) is 0. The Balaban J connectivity index is 1.87. The lowest BCUT2D eigenvalue weighted by atomic mass is 9.82. The lowest BCUT2D eigenvalue weighted by Crippen LogP contribution is -2.35. The smallest absolute Gasteiger partial charge is 0.0682 e. The Bertz CT molecular complexity index is 648. The molecule has 0 spiro atoms. The van der Waals surface area contributed by atoms with E-state index in [0.29, 0.717) is 5.92 Å². The molecule has 2 N–H and O–H groups in total. The molecular formula is C16H18N2O. The zero-order chi connectivity index (χ0) is 12.8. The minimum atomic E-state index is 0.106. The quantitative estimate of drug-likeness (QED) is 0.865. The second-order valence-electron chi connectivity index (χ2n) is 5.64. The fourth-order valence-electron chi connectivity index (χ4n) is 3.44. The molecule has 2 bridgehead atoms. The zero-order valence-corrected chi connectivity index (χ0v) is 10.9. The average Bonchev–Trinajstić information content (AvgIpc) is 2.91. The van der Waals surface area contributed by atoms with Gasteiger partial charge in [-0.05, 0) is 42.0 Å². The first kappa shape index (κ1) is 11.1. The van der Waals surface area contributed by atoms with Crippen LogP contribution in [0.1, 0.15) is 24.0 Å². The number of piperidine rings is 1. The molecule has 1 aromatic carbocycles. The van der Waals surface area contributed by atoms with Crippen molar-refractivity contribution in [1.29, 1.82) is 0 Å². The third-order valence-electron chi connectivity index (χ3n) is 4.53. The lowest BCUT2D eigenvalue weighted by molar-refractivity contribution is 0.252. The number of rotatable bonds is 2. The van der Waals surface area contributed by atoms with Crippen molar-refractivity contribution in [3.63, 3.8) is 0 Å². The Morgan fingerprint density at radius 2 is 2.11 bits per heavy atom. The highest BCUT2D eigenvalue weighted by molar-refractivity contribution is 5.93. The molecule has 0 saturated carbocycles. The molecule has 2 aromatic rings. The average molecular weight is 254 g/mol. The van der Waals surface area contributed by atoms with Gasteiger partial charge in [0, 0.05) is 42.0 Å². The number of nitrogens with zero attached hydrogens (tertiary/aromatic N) is 1. The summed E-state index contributed by atoms with van der Waals surface area (Å²) in [5.74, 6) is 0.710. The summed E-state index contributed by atoms with van der Waals surface area (Å²) in [5, 5.41) is 10.6. The number of fused-ring (bicyclic) bond motifs is 3. The van der Waals surface area contributed by atoms with Crippen molar-refractivity contribution in [3.8, 4) is 0 Å². The van der Waals surface area contributed by atoms with E-state index in [1.807, 2.05) is 6.07 Å². The summed E-state index contributed by atoms with van der Waals surface area (Å²) in [5.41, 5.74) is 4.93. The summed E-state index contributed by atoms with van der Waals surface area (Å²) < 4.78 is 0. The second-order valence-corrected chi connectivity index (χ2v) is 5.64. The van der Waals surface area contributed by atoms with Gasteiger partial charge in [0.2, 0.25) is 0 Å². The molecule has 0 radical (unpaired) electrons. The van der Waals surface area contributed by atoms with Gasteiger partial charge in [-0.3, -0.25) is 0 Å². The van der Waals surface area contributed by atoms with Crippen molar-refractivity contribution in [2.24, 2.45) is 5.92 Å². The maximum Gasteiger partial charge on any atom is 0.0682 e. The normalized spacial score (nSPS) is 19.2. The summed E-state index contributed by atoms with van der Waals surface area (Å²) in [4.78, 5) is 5.79. The highest BCUT2D eigenvalue weighted by Gasteiger charge is 2.28. The van der Waals surface area contributed by atoms with Crippen LogP contribution in [0.2, 0.25) is 0 Å². The van der Waals surface area contributed by atoms with Crippen LogP contribution in [0.5, 0.6) is 0 Å². The molecule has 5 rings (SSSR count). The van der Waals surface area contributed by atoms with Gasteiger partial charge in [-0.15, -0.1) is 0 Å². The van der Waals surface area contributed by atoms with Crippen LogP contribution in [0.3, 0.4) is 0 Å². The van der Waals surface area contributed by atoms with Gasteiger partial charge in [0.15, 0.2) is 0 Å². The molecular weight excluding hydrogens is 236 g/mol. The monoisotopic (exact) mass is 254 g/mol. The topological polar surface area (TPSA) is 39.3 Å². The van der Waals surface area contributed by atoms with Crippen LogP contribution in [0.25, 0.3) is 16.5 Å². The molecule has 19 heavy (non-hydrogen) atoms. The van der Waals surface area contributed by atoms with Crippen molar-refractivity contribution in [1.82, 2.24) is 9.88 Å². The molecule has 3 aliphatic heterocycles. The third kappa shape index (κ3) is 1.69. The number of benzene rings is 1. The largest absolute Gasteiger partial charge is 0.392 e. The number of nitrogens with one attached hydrogen (secondary N) is 1. The summed E-state index contributed by atoms with van der Waals surface area (Å²) in [6, 6.07) is 6.15. The minimum Gasteiger partial charge on any atom is -0.392 e. The molecule has 4 heterocycles. The Labute approximate surface area is 112 Å². The molecule has 3 nitrogen and oxygen atoms in total. The van der Waals surface area contributed by atoms with Gasteiger partial charge in [-0.2, -0.15) is 0 Å². The molecule has 98 valence electrons. The number of allylic oxidation sites excluding steroid dienone is 1. The van der Waals surface area contributed by atoms with Gasteiger partial charge in [0.1, 0.15) is 0 Å². The van der Waals surface area contributed by atoms with Crippen LogP contribution in [0.15, 0.2) is 30.6 Å². The number of aliphatic hydroxyl groups excluding tert-OH is 1. The fraction of sp³-hybridized carbons (Fsp3) is 0.375. The van der Waals surface area contributed by atoms with Gasteiger partial charge in [-0.25, -0.2) is 0 Å². The van der Waals surface area contributed by atoms with Gasteiger partial charge < -0.3 is 15.0 Å². The number of hydrogen-bond donors (Lipinski definition) is 2. The van der Waals surface area contributed by atoms with Crippen molar-refractivity contribution < 1.29 is 5.11 Å². The van der Waals surface area contributed by atoms with Crippen molar-refractivity contribution >= 4 is 16.5 Å². The SMILES string of the molecule is OCc1ccc2[nH]cc(C3=CN4CCC3CC4)c2c1. The van der Waals surface area contributed by atoms with Crippen LogP contribution in [-0.4, -0.2) is 28.1 Å². The zero-order valence-electron chi connectivity index (χ0n) is 10.9. The summed E-state index contributed by atoms with van der Waals surface area (Å²) in [6.07, 6.45) is 7.02. The van der Waals surface area contributed by atoms with Crippen molar-refractivity contribution in [2.75, 3.05) is 13.1 Å². The Morgan fingerprint density at radius 3 is 2.79 bits per heavy atom. The number of H-pyrrole nitrogens is 1. The van der Waals surface area contributed by atoms with E-state index >= 15 is 0 Å². The van der Waals surface area contributed by atoms with E-state index in [9.17, 15) is 5.11 Å². The number of aromatic nitrogens is 1.